The number of rotatable bonds is 7. The van der Waals surface area contributed by atoms with Crippen LogP contribution in [0.3, 0.4) is 0 Å². The van der Waals surface area contributed by atoms with Crippen LogP contribution in [0.2, 0.25) is 0 Å². The normalized spacial score (nSPS) is 18.9. The fourth-order valence-electron chi connectivity index (χ4n) is 3.71. The fraction of sp³-hybridized carbons (Fsp3) is 0.417. The van der Waals surface area contributed by atoms with Crippen molar-refractivity contribution in [2.24, 2.45) is 0 Å². The van der Waals surface area contributed by atoms with E-state index in [-0.39, 0.29) is 0 Å². The summed E-state index contributed by atoms with van der Waals surface area (Å²) in [6.45, 7) is 13.2. The van der Waals surface area contributed by atoms with Crippen LogP contribution in [0.1, 0.15) is 58.8 Å². The van der Waals surface area contributed by atoms with E-state index in [0.29, 0.717) is 0 Å². The molecule has 2 rings (SSSR count). The Bertz CT molecular complexity index is 637. The fourth-order valence-corrected chi connectivity index (χ4v) is 3.71. The zero-order valence-electron chi connectivity index (χ0n) is 16.1. The molecule has 0 amide bonds. The van der Waals surface area contributed by atoms with Gasteiger partial charge in [-0.25, -0.2) is 0 Å². The average molecular weight is 336 g/mol. The molecule has 134 valence electrons. The highest BCUT2D eigenvalue weighted by molar-refractivity contribution is 5.40. The molecule has 0 spiro atoms. The van der Waals surface area contributed by atoms with Crippen molar-refractivity contribution in [3.8, 4) is 0 Å². The van der Waals surface area contributed by atoms with E-state index in [9.17, 15) is 0 Å². The van der Waals surface area contributed by atoms with Crippen LogP contribution in [0.4, 0.5) is 0 Å². The Morgan fingerprint density at radius 3 is 2.24 bits per heavy atom. The molecule has 0 saturated carbocycles. The first-order valence-corrected chi connectivity index (χ1v) is 9.74. The lowest BCUT2D eigenvalue weighted by atomic mass is 9.97. The molecular weight excluding hydrogens is 302 g/mol. The summed E-state index contributed by atoms with van der Waals surface area (Å²) in [6.07, 6.45) is 23.6. The minimum absolute atomic E-state index is 0.950. The molecule has 0 aromatic heterocycles. The molecule has 1 nitrogen and oxygen atoms in total. The zero-order valence-corrected chi connectivity index (χ0v) is 16.1. The maximum atomic E-state index is 3.96. The van der Waals surface area contributed by atoms with Gasteiger partial charge < -0.3 is 4.90 Å². The Morgan fingerprint density at radius 2 is 1.64 bits per heavy atom. The molecule has 0 N–H and O–H groups in total. The van der Waals surface area contributed by atoms with E-state index >= 15 is 0 Å². The van der Waals surface area contributed by atoms with Crippen molar-refractivity contribution in [1.29, 1.82) is 0 Å². The molecule has 0 aliphatic heterocycles. The van der Waals surface area contributed by atoms with Gasteiger partial charge >= 0.3 is 0 Å². The Balaban J connectivity index is 2.25. The first-order valence-electron chi connectivity index (χ1n) is 9.74. The predicted octanol–water partition coefficient (Wildman–Crippen LogP) is 7.01. The largest absolute Gasteiger partial charge is 0.345 e. The maximum absolute atomic E-state index is 3.96. The van der Waals surface area contributed by atoms with Crippen molar-refractivity contribution >= 4 is 0 Å². The van der Waals surface area contributed by atoms with Crippen molar-refractivity contribution in [2.45, 2.75) is 58.8 Å². The molecule has 0 unspecified atom stereocenters. The third kappa shape index (κ3) is 5.22. The summed E-state index contributed by atoms with van der Waals surface area (Å²) < 4.78 is 0. The quantitative estimate of drug-likeness (QED) is 0.452. The Hall–Kier alpha value is -2.02. The topological polar surface area (TPSA) is 3.24 Å². The molecule has 0 bridgehead atoms. The maximum Gasteiger partial charge on any atom is 0.0401 e. The molecule has 0 fully saturated rings. The van der Waals surface area contributed by atoms with Crippen LogP contribution < -0.4 is 0 Å². The second-order valence-corrected chi connectivity index (χ2v) is 6.70. The van der Waals surface area contributed by atoms with Gasteiger partial charge in [-0.3, -0.25) is 0 Å². The van der Waals surface area contributed by atoms with Crippen LogP contribution in [-0.4, -0.2) is 11.4 Å². The predicted molar refractivity (Wildman–Crippen MR) is 111 cm³/mol. The van der Waals surface area contributed by atoms with Crippen LogP contribution in [0.5, 0.6) is 0 Å². The van der Waals surface area contributed by atoms with Crippen molar-refractivity contribution in [2.75, 3.05) is 6.54 Å². The van der Waals surface area contributed by atoms with Gasteiger partial charge in [-0.05, 0) is 81.2 Å². The van der Waals surface area contributed by atoms with Crippen molar-refractivity contribution in [3.05, 3.63) is 83.8 Å². The van der Waals surface area contributed by atoms with E-state index in [2.05, 4.69) is 56.2 Å². The third-order valence-corrected chi connectivity index (χ3v) is 5.16. The lowest BCUT2D eigenvalue weighted by Gasteiger charge is -2.26. The lowest BCUT2D eigenvalue weighted by Crippen LogP contribution is -2.21. The molecule has 2 aliphatic carbocycles. The van der Waals surface area contributed by atoms with Gasteiger partial charge in [0.25, 0.3) is 0 Å². The third-order valence-electron chi connectivity index (χ3n) is 5.16. The molecule has 25 heavy (non-hydrogen) atoms. The van der Waals surface area contributed by atoms with Crippen molar-refractivity contribution in [3.63, 3.8) is 0 Å². The SMILES string of the molecule is C=C/C=C(\C=C)N(CC)C1=CC=C(C2=CC=C(CC)CCC2)CCC1. The van der Waals surface area contributed by atoms with Crippen molar-refractivity contribution in [1.82, 2.24) is 4.90 Å². The van der Waals surface area contributed by atoms with E-state index < -0.39 is 0 Å². The first-order chi connectivity index (χ1) is 12.2. The number of hydrogen-bond acceptors (Lipinski definition) is 1. The molecule has 0 radical (unpaired) electrons. The van der Waals surface area contributed by atoms with Gasteiger partial charge in [-0.1, -0.05) is 50.0 Å². The van der Waals surface area contributed by atoms with Crippen molar-refractivity contribution < 1.29 is 0 Å². The summed E-state index contributed by atoms with van der Waals surface area (Å²) in [7, 11) is 0. The van der Waals surface area contributed by atoms with E-state index in [1.807, 2.05) is 18.2 Å². The van der Waals surface area contributed by atoms with Gasteiger partial charge in [-0.2, -0.15) is 0 Å². The zero-order chi connectivity index (χ0) is 18.1. The van der Waals surface area contributed by atoms with Crippen LogP contribution >= 0.6 is 0 Å². The van der Waals surface area contributed by atoms with Gasteiger partial charge in [0.1, 0.15) is 0 Å². The Labute approximate surface area is 154 Å². The summed E-state index contributed by atoms with van der Waals surface area (Å²) in [5, 5.41) is 0. The van der Waals surface area contributed by atoms with Gasteiger partial charge in [-0.15, -0.1) is 0 Å². The van der Waals surface area contributed by atoms with Gasteiger partial charge in [0, 0.05) is 17.9 Å². The summed E-state index contributed by atoms with van der Waals surface area (Å²) in [6, 6.07) is 0. The molecule has 0 heterocycles. The molecule has 2 aliphatic rings. The van der Waals surface area contributed by atoms with E-state index in [0.717, 1.165) is 18.7 Å². The summed E-state index contributed by atoms with van der Waals surface area (Å²) in [5.41, 5.74) is 7.15. The Morgan fingerprint density at radius 1 is 0.960 bits per heavy atom. The highest BCUT2D eigenvalue weighted by Gasteiger charge is 2.15. The minimum Gasteiger partial charge on any atom is -0.345 e. The van der Waals surface area contributed by atoms with Gasteiger partial charge in [0.15, 0.2) is 0 Å². The Kier molecular flexibility index (Phi) is 7.78. The number of likely N-dealkylation sites (N-methyl/N-ethyl adjacent to an activating group) is 1. The monoisotopic (exact) mass is 335 g/mol. The number of allylic oxidation sites excluding steroid dienone is 11. The van der Waals surface area contributed by atoms with Crippen LogP contribution in [0.25, 0.3) is 0 Å². The molecule has 1 heteroatoms. The minimum atomic E-state index is 0.950. The smallest absolute Gasteiger partial charge is 0.0401 e. The standard InChI is InChI=1S/C24H33N/c1-5-11-23(7-3)25(8-4)24-15-10-14-22(18-19-24)21-13-9-12-20(6-2)16-17-21/h5,7,11,16-19H,1,3,6,8-10,12-15H2,2,4H3/b23-11+. The highest BCUT2D eigenvalue weighted by Crippen LogP contribution is 2.31. The molecule has 0 saturated heterocycles. The van der Waals surface area contributed by atoms with E-state index in [1.54, 1.807) is 5.57 Å². The van der Waals surface area contributed by atoms with Gasteiger partial charge in [0.2, 0.25) is 0 Å². The average Bonchev–Trinajstić information content (AvgIpc) is 3.02. The second-order valence-electron chi connectivity index (χ2n) is 6.70. The molecule has 0 aromatic carbocycles. The molecule has 0 aromatic rings. The highest BCUT2D eigenvalue weighted by atomic mass is 15.1. The van der Waals surface area contributed by atoms with E-state index in [4.69, 9.17) is 0 Å². The summed E-state index contributed by atoms with van der Waals surface area (Å²) >= 11 is 0. The first kappa shape index (κ1) is 19.3. The van der Waals surface area contributed by atoms with Crippen LogP contribution in [-0.2, 0) is 0 Å². The van der Waals surface area contributed by atoms with Gasteiger partial charge in [0.05, 0.1) is 0 Å². The second kappa shape index (κ2) is 10.1. The van der Waals surface area contributed by atoms with Crippen LogP contribution in [0, 0.1) is 0 Å². The number of nitrogens with zero attached hydrogens (tertiary/aromatic N) is 1. The molecule has 0 atom stereocenters. The molecular formula is C24H33N. The summed E-state index contributed by atoms with van der Waals surface area (Å²) in [5.74, 6) is 0. The summed E-state index contributed by atoms with van der Waals surface area (Å²) in [4.78, 5) is 2.35. The van der Waals surface area contributed by atoms with E-state index in [1.165, 1.54) is 55.4 Å². The lowest BCUT2D eigenvalue weighted by molar-refractivity contribution is 0.441. The number of hydrogen-bond donors (Lipinski definition) is 0. The van der Waals surface area contributed by atoms with Crippen LogP contribution in [0.15, 0.2) is 83.8 Å².